The number of rotatable bonds is 24. The van der Waals surface area contributed by atoms with Crippen molar-refractivity contribution in [2.24, 2.45) is 17.6 Å². The monoisotopic (exact) mass is 1050 g/mol. The number of carbonyl (C=O) groups is 9. The van der Waals surface area contributed by atoms with Gasteiger partial charge in [0.2, 0.25) is 41.4 Å². The Bertz CT molecular complexity index is 2150. The van der Waals surface area contributed by atoms with Gasteiger partial charge in [0.15, 0.2) is 0 Å². The molecule has 26 heteroatoms. The van der Waals surface area contributed by atoms with Gasteiger partial charge in [-0.05, 0) is 54.5 Å². The van der Waals surface area contributed by atoms with Crippen molar-refractivity contribution in [3.8, 4) is 5.75 Å². The van der Waals surface area contributed by atoms with Crippen LogP contribution in [0.4, 0.5) is 13.2 Å². The minimum atomic E-state index is -5.19. The van der Waals surface area contributed by atoms with Gasteiger partial charge in [-0.3, -0.25) is 33.6 Å². The highest BCUT2D eigenvalue weighted by Gasteiger charge is 2.40. The van der Waals surface area contributed by atoms with Gasteiger partial charge in [0.05, 0.1) is 13.0 Å². The van der Waals surface area contributed by atoms with Gasteiger partial charge in [-0.2, -0.15) is 24.9 Å². The van der Waals surface area contributed by atoms with Crippen LogP contribution in [-0.2, 0) is 56.2 Å². The van der Waals surface area contributed by atoms with E-state index < -0.39 is 114 Å². The number of nitrogens with zero attached hydrogens (tertiary/aromatic N) is 1. The van der Waals surface area contributed by atoms with E-state index in [0.717, 1.165) is 0 Å². The summed E-state index contributed by atoms with van der Waals surface area (Å²) in [4.78, 5) is 115. The van der Waals surface area contributed by atoms with Gasteiger partial charge >= 0.3 is 12.1 Å². The van der Waals surface area contributed by atoms with Crippen LogP contribution in [0.25, 0.3) is 0 Å². The second-order valence-corrected chi connectivity index (χ2v) is 18.5. The number of benzene rings is 2. The average molecular weight is 1050 g/mol. The second-order valence-electron chi connectivity index (χ2n) is 16.6. The number of hydrogen-bond donors (Lipinski definition) is 8. The number of carbonyl (C=O) groups excluding carboxylic acids is 8. The van der Waals surface area contributed by atoms with Crippen LogP contribution in [0.15, 0.2) is 42.5 Å². The topological polar surface area (TPSA) is 323 Å². The number of alkyl halides is 3. The molecule has 3 rings (SSSR count). The van der Waals surface area contributed by atoms with Gasteiger partial charge in [-0.1, -0.05) is 69.1 Å². The predicted octanol–water partition coefficient (Wildman–Crippen LogP) is 0.0955. The fourth-order valence-electron chi connectivity index (χ4n) is 6.69. The van der Waals surface area contributed by atoms with Crippen molar-refractivity contribution in [3.05, 3.63) is 63.6 Å². The lowest BCUT2D eigenvalue weighted by molar-refractivity contribution is -0.360. The summed E-state index contributed by atoms with van der Waals surface area (Å²) in [5.41, 5.74) is 10.5. The average Bonchev–Trinajstić information content (AvgIpc) is 3.77. The van der Waals surface area contributed by atoms with Crippen LogP contribution in [0.5, 0.6) is 5.75 Å². The Morgan fingerprint density at radius 2 is 1.37 bits per heavy atom. The fraction of sp³-hybridized carbons (Fsp3) is 0.523. The number of nitrogens with one attached hydrogen (secondary N) is 5. The minimum absolute atomic E-state index is 0.0729. The molecule has 7 amide bonds. The molecule has 6 atom stereocenters. The Balaban J connectivity index is 0.00000222. The molecule has 0 saturated carbocycles. The first-order valence-corrected chi connectivity index (χ1v) is 23.7. The third-order valence-electron chi connectivity index (χ3n) is 10.3. The zero-order valence-corrected chi connectivity index (χ0v) is 41.3. The molecule has 20 nitrogen and oxygen atoms in total. The standard InChI is InChI=1S/C42H58Cl2N8O10S.C2HF3O2/c1-22(2)35(40(58)49-31(19-34(46)54)38(56)51-36(23(3)4)41(59)52-16-7-10-33(52)42(60)61)50-37(55)30(48-39(57)32(47-24(5)53)21-63-17-15-45)18-25-11-13-26(14-12-25)62-20-27-28(43)8-6-9-29(27)44;3-2(4,5)1(6)7/h6,8-9,11-14,22-23,30-33,35-36H,7,10,15-21,45H2,1-5H3,(H2,46,54)(H,47,53)(H,48,57)(H,49,58)(H,50,55)(H,51,56)(H,60,61);(H,6,7)/t30-,31-,32-,33-,35-,36-;/m0./s1. The highest BCUT2D eigenvalue weighted by molar-refractivity contribution is 7.99. The summed E-state index contributed by atoms with van der Waals surface area (Å²) in [5, 5.41) is 32.4. The number of carboxylic acids is 2. The summed E-state index contributed by atoms with van der Waals surface area (Å²) < 4.78 is 37.4. The normalized spacial score (nSPS) is 15.5. The quantitative estimate of drug-likeness (QED) is 0.0648. The maximum Gasteiger partial charge on any atom is 0.430 e. The summed E-state index contributed by atoms with van der Waals surface area (Å²) in [6.07, 6.45) is -5.22. The van der Waals surface area contributed by atoms with Gasteiger partial charge in [-0.25, -0.2) is 4.79 Å². The molecule has 0 radical (unpaired) electrons. The molecular formula is C44H59Cl2F3N8O12S. The van der Waals surface area contributed by atoms with E-state index in [4.69, 9.17) is 43.6 Å². The number of carboxylic acid groups (broad SMARTS) is 2. The number of hydrogen-bond acceptors (Lipinski definition) is 12. The van der Waals surface area contributed by atoms with Crippen LogP contribution in [0.3, 0.4) is 0 Å². The first-order chi connectivity index (χ1) is 32.7. The van der Waals surface area contributed by atoms with Crippen LogP contribution in [0.1, 0.15) is 65.0 Å². The van der Waals surface area contributed by atoms with E-state index in [1.165, 1.54) is 23.6 Å². The van der Waals surface area contributed by atoms with Crippen molar-refractivity contribution >= 4 is 88.3 Å². The zero-order valence-electron chi connectivity index (χ0n) is 39.0. The SMILES string of the molecule is CC(=O)N[C@@H](CSCC[NH3+])C(=O)N[C@@H](Cc1ccc(OCc2c(Cl)cccc2Cl)cc1)C(=O)N[C@H](C(=O)N[C@@H](CC(N)=O)C(=O)N[C@H](C(=O)N1CCC[C@H]1C(=O)O)C(C)C)C(C)C.O=C([O-])C(F)(F)F. The smallest absolute Gasteiger partial charge is 0.430 e. The van der Waals surface area contributed by atoms with Crippen LogP contribution in [0.2, 0.25) is 10.0 Å². The number of ether oxygens (including phenoxy) is 1. The fourth-order valence-corrected chi connectivity index (χ4v) is 8.04. The van der Waals surface area contributed by atoms with E-state index in [-0.39, 0.29) is 31.7 Å². The third kappa shape index (κ3) is 19.9. The van der Waals surface area contributed by atoms with E-state index in [1.807, 2.05) is 0 Å². The third-order valence-corrected chi connectivity index (χ3v) is 12.1. The molecule has 1 fully saturated rings. The number of aliphatic carboxylic acids is 2. The summed E-state index contributed by atoms with van der Waals surface area (Å²) >= 11 is 14.0. The number of quaternary nitrogens is 1. The van der Waals surface area contributed by atoms with Crippen molar-refractivity contribution in [1.29, 1.82) is 0 Å². The first kappa shape index (κ1) is 60.3. The van der Waals surface area contributed by atoms with Crippen LogP contribution >= 0.6 is 35.0 Å². The minimum Gasteiger partial charge on any atom is -0.542 e. The summed E-state index contributed by atoms with van der Waals surface area (Å²) in [6.45, 7) is 8.66. The van der Waals surface area contributed by atoms with Gasteiger partial charge in [-0.15, -0.1) is 0 Å². The van der Waals surface area contributed by atoms with E-state index in [9.17, 15) is 56.6 Å². The molecule has 11 N–H and O–H groups in total. The molecular weight excluding hydrogens is 992 g/mol. The Labute approximate surface area is 416 Å². The molecule has 1 heterocycles. The molecule has 0 bridgehead atoms. The summed E-state index contributed by atoms with van der Waals surface area (Å²) in [6, 6.07) is 4.31. The number of likely N-dealkylation sites (tertiary alicyclic amines) is 1. The lowest BCUT2D eigenvalue weighted by atomic mass is 9.99. The number of nitrogens with two attached hydrogens (primary N) is 1. The van der Waals surface area contributed by atoms with Crippen molar-refractivity contribution < 1.29 is 77.0 Å². The number of amides is 7. The molecule has 2 aromatic rings. The Kier molecular flexibility index (Phi) is 24.7. The summed E-state index contributed by atoms with van der Waals surface area (Å²) in [7, 11) is 0. The first-order valence-electron chi connectivity index (χ1n) is 21.8. The molecule has 1 aliphatic heterocycles. The Morgan fingerprint density at radius 3 is 1.87 bits per heavy atom. The molecule has 2 aromatic carbocycles. The number of thioether (sulfide) groups is 1. The van der Waals surface area contributed by atoms with Crippen molar-refractivity contribution in [2.45, 2.75) is 109 Å². The lowest BCUT2D eigenvalue weighted by Crippen LogP contribution is -2.61. The molecule has 0 aromatic heterocycles. The number of primary amides is 1. The number of halogens is 5. The zero-order chi connectivity index (χ0) is 53.0. The van der Waals surface area contributed by atoms with Crippen LogP contribution < -0.4 is 47.9 Å². The van der Waals surface area contributed by atoms with Crippen molar-refractivity contribution in [1.82, 2.24) is 31.5 Å². The van der Waals surface area contributed by atoms with Gasteiger partial charge in [0.1, 0.15) is 54.6 Å². The largest absolute Gasteiger partial charge is 0.542 e. The van der Waals surface area contributed by atoms with E-state index >= 15 is 0 Å². The predicted molar refractivity (Wildman–Crippen MR) is 248 cm³/mol. The van der Waals surface area contributed by atoms with Gasteiger partial charge < -0.3 is 62.7 Å². The molecule has 1 saturated heterocycles. The molecule has 388 valence electrons. The Hall–Kier alpha value is -5.85. The molecule has 0 unspecified atom stereocenters. The van der Waals surface area contributed by atoms with Crippen molar-refractivity contribution in [2.75, 3.05) is 24.6 Å². The maximum atomic E-state index is 14.2. The highest BCUT2D eigenvalue weighted by atomic mass is 35.5. The molecule has 70 heavy (non-hydrogen) atoms. The van der Waals surface area contributed by atoms with Crippen LogP contribution in [-0.4, -0.2) is 130 Å². The van der Waals surface area contributed by atoms with E-state index in [2.05, 4.69) is 32.3 Å². The molecule has 1 aliphatic rings. The molecule has 0 spiro atoms. The highest BCUT2D eigenvalue weighted by Crippen LogP contribution is 2.26. The van der Waals surface area contributed by atoms with Gasteiger partial charge in [0.25, 0.3) is 0 Å². The lowest BCUT2D eigenvalue weighted by Gasteiger charge is -2.31. The second kappa shape index (κ2) is 28.7. The van der Waals surface area contributed by atoms with Crippen molar-refractivity contribution in [3.63, 3.8) is 0 Å². The summed E-state index contributed by atoms with van der Waals surface area (Å²) in [5.74, 6) is -9.31. The van der Waals surface area contributed by atoms with E-state index in [0.29, 0.717) is 45.6 Å². The Morgan fingerprint density at radius 1 is 0.843 bits per heavy atom. The maximum absolute atomic E-state index is 14.2. The van der Waals surface area contributed by atoms with Gasteiger partial charge in [0, 0.05) is 47.0 Å². The molecule has 0 aliphatic carbocycles. The van der Waals surface area contributed by atoms with Crippen LogP contribution in [0, 0.1) is 11.8 Å². The van der Waals surface area contributed by atoms with E-state index in [1.54, 1.807) is 70.2 Å².